The van der Waals surface area contributed by atoms with Gasteiger partial charge in [0.2, 0.25) is 5.91 Å². The average Bonchev–Trinajstić information content (AvgIpc) is 3.19. The molecule has 28 heavy (non-hydrogen) atoms. The molecular formula is C20H23N3O4S. The van der Waals surface area contributed by atoms with Crippen molar-refractivity contribution in [1.82, 2.24) is 9.88 Å². The molecule has 1 aliphatic heterocycles. The lowest BCUT2D eigenvalue weighted by atomic mass is 10.0. The van der Waals surface area contributed by atoms with E-state index in [9.17, 15) is 14.4 Å². The monoisotopic (exact) mass is 401 g/mol. The number of anilines is 1. The van der Waals surface area contributed by atoms with Crippen molar-refractivity contribution in [3.05, 3.63) is 46.0 Å². The molecule has 1 aromatic heterocycles. The van der Waals surface area contributed by atoms with Crippen molar-refractivity contribution in [1.29, 1.82) is 0 Å². The number of ether oxygens (including phenoxy) is 1. The van der Waals surface area contributed by atoms with E-state index in [1.54, 1.807) is 17.9 Å². The normalized spacial score (nSPS) is 14.2. The first-order valence-electron chi connectivity index (χ1n) is 9.07. The minimum atomic E-state index is -0.620. The second-order valence-electron chi connectivity index (χ2n) is 7.14. The van der Waals surface area contributed by atoms with E-state index in [2.05, 4.69) is 10.3 Å². The minimum Gasteiger partial charge on any atom is -0.464 e. The zero-order valence-corrected chi connectivity index (χ0v) is 17.1. The molecule has 1 N–H and O–H groups in total. The fourth-order valence-corrected chi connectivity index (χ4v) is 4.08. The van der Waals surface area contributed by atoms with Gasteiger partial charge < -0.3 is 15.0 Å². The predicted molar refractivity (Wildman–Crippen MR) is 106 cm³/mol. The molecule has 2 amide bonds. The number of nitrogens with one attached hydrogen (secondary N) is 1. The molecule has 2 heterocycles. The maximum Gasteiger partial charge on any atom is 0.357 e. The van der Waals surface area contributed by atoms with Crippen molar-refractivity contribution >= 4 is 34.3 Å². The van der Waals surface area contributed by atoms with Crippen molar-refractivity contribution in [3.63, 3.8) is 0 Å². The highest BCUT2D eigenvalue weighted by Gasteiger charge is 2.36. The lowest BCUT2D eigenvalue weighted by Crippen LogP contribution is -2.45. The molecule has 1 aromatic carbocycles. The molecule has 148 valence electrons. The van der Waals surface area contributed by atoms with Gasteiger partial charge in [0.25, 0.3) is 5.91 Å². The smallest absolute Gasteiger partial charge is 0.357 e. The second-order valence-corrected chi connectivity index (χ2v) is 8.34. The number of aryl methyl sites for hydroxylation is 1. The van der Waals surface area contributed by atoms with Crippen molar-refractivity contribution in [2.75, 3.05) is 12.4 Å². The van der Waals surface area contributed by atoms with Gasteiger partial charge in [-0.1, -0.05) is 32.0 Å². The van der Waals surface area contributed by atoms with E-state index < -0.39 is 12.0 Å². The first-order chi connectivity index (χ1) is 13.3. The zero-order valence-electron chi connectivity index (χ0n) is 16.3. The lowest BCUT2D eigenvalue weighted by Gasteiger charge is -2.27. The summed E-state index contributed by atoms with van der Waals surface area (Å²) in [5, 5.41) is 3.10. The fourth-order valence-electron chi connectivity index (χ4n) is 3.28. The number of aromatic nitrogens is 1. The Morgan fingerprint density at radius 2 is 2.04 bits per heavy atom. The van der Waals surface area contributed by atoms with Crippen LogP contribution >= 0.6 is 11.3 Å². The van der Waals surface area contributed by atoms with Crippen molar-refractivity contribution in [2.45, 2.75) is 39.8 Å². The van der Waals surface area contributed by atoms with Crippen LogP contribution in [0.15, 0.2) is 24.3 Å². The van der Waals surface area contributed by atoms with E-state index in [1.165, 1.54) is 18.4 Å². The van der Waals surface area contributed by atoms with Gasteiger partial charge in [-0.3, -0.25) is 9.59 Å². The molecule has 0 bridgehead atoms. The molecule has 0 saturated heterocycles. The largest absolute Gasteiger partial charge is 0.464 e. The maximum atomic E-state index is 13.0. The molecular weight excluding hydrogens is 378 g/mol. The Morgan fingerprint density at radius 1 is 1.32 bits per heavy atom. The molecule has 0 radical (unpaired) electrons. The van der Waals surface area contributed by atoms with Crippen LogP contribution in [0.4, 0.5) is 5.13 Å². The van der Waals surface area contributed by atoms with Crippen LogP contribution in [-0.2, 0) is 16.1 Å². The van der Waals surface area contributed by atoms with Crippen LogP contribution in [0.5, 0.6) is 0 Å². The topological polar surface area (TPSA) is 88.6 Å². The molecule has 2 aromatic rings. The number of hydrogen-bond donors (Lipinski definition) is 1. The first kappa shape index (κ1) is 20.0. The van der Waals surface area contributed by atoms with E-state index in [1.807, 2.05) is 32.0 Å². The van der Waals surface area contributed by atoms with Crippen molar-refractivity contribution in [2.24, 2.45) is 5.92 Å². The first-order valence-corrected chi connectivity index (χ1v) is 9.89. The number of hydrogen-bond acceptors (Lipinski definition) is 6. The van der Waals surface area contributed by atoms with Gasteiger partial charge in [-0.2, -0.15) is 0 Å². The van der Waals surface area contributed by atoms with Gasteiger partial charge in [-0.05, 0) is 30.9 Å². The quantitative estimate of drug-likeness (QED) is 0.751. The Bertz CT molecular complexity index is 922. The zero-order chi connectivity index (χ0) is 20.4. The number of rotatable bonds is 6. The third-order valence-corrected chi connectivity index (χ3v) is 5.51. The number of carbonyl (C=O) groups is 3. The molecule has 1 aliphatic rings. The Hall–Kier alpha value is -2.74. The van der Waals surface area contributed by atoms with Gasteiger partial charge in [-0.25, -0.2) is 9.78 Å². The van der Waals surface area contributed by atoms with E-state index in [-0.39, 0.29) is 23.4 Å². The number of methoxy groups -OCH3 is 1. The second kappa shape index (κ2) is 8.10. The summed E-state index contributed by atoms with van der Waals surface area (Å²) in [7, 11) is 1.29. The highest BCUT2D eigenvalue weighted by molar-refractivity contribution is 7.16. The highest BCUT2D eigenvalue weighted by Crippen LogP contribution is 2.28. The van der Waals surface area contributed by atoms with Crippen LogP contribution < -0.4 is 5.32 Å². The van der Waals surface area contributed by atoms with Gasteiger partial charge in [0.05, 0.1) is 7.11 Å². The SMILES string of the molecule is COC(=O)c1nc(NC(=O)[C@@H](CC(C)C)N2Cc3ccccc3C2=O)sc1C. The van der Waals surface area contributed by atoms with Crippen molar-refractivity contribution < 1.29 is 19.1 Å². The average molecular weight is 401 g/mol. The minimum absolute atomic E-state index is 0.137. The summed E-state index contributed by atoms with van der Waals surface area (Å²) in [6.07, 6.45) is 0.528. The van der Waals surface area contributed by atoms with Crippen LogP contribution in [0.2, 0.25) is 0 Å². The summed E-state index contributed by atoms with van der Waals surface area (Å²) in [4.78, 5) is 44.1. The van der Waals surface area contributed by atoms with Gasteiger partial charge in [-0.15, -0.1) is 11.3 Å². The van der Waals surface area contributed by atoms with Crippen LogP contribution in [-0.4, -0.2) is 40.8 Å². The van der Waals surface area contributed by atoms with Gasteiger partial charge in [0.15, 0.2) is 10.8 Å². The Kier molecular flexibility index (Phi) is 5.79. The summed E-state index contributed by atoms with van der Waals surface area (Å²) in [6.45, 7) is 6.17. The predicted octanol–water partition coefficient (Wildman–Crippen LogP) is 3.25. The molecule has 7 nitrogen and oxygen atoms in total. The number of nitrogens with zero attached hydrogens (tertiary/aromatic N) is 2. The number of esters is 1. The van der Waals surface area contributed by atoms with Crippen molar-refractivity contribution in [3.8, 4) is 0 Å². The molecule has 0 spiro atoms. The Balaban J connectivity index is 1.82. The summed E-state index contributed by atoms with van der Waals surface area (Å²) in [5.41, 5.74) is 1.75. The number of benzene rings is 1. The molecule has 0 unspecified atom stereocenters. The third-order valence-electron chi connectivity index (χ3n) is 4.63. The maximum absolute atomic E-state index is 13.0. The van der Waals surface area contributed by atoms with Crippen LogP contribution in [0.1, 0.15) is 51.6 Å². The highest BCUT2D eigenvalue weighted by atomic mass is 32.1. The van der Waals surface area contributed by atoms with E-state index in [0.717, 1.165) is 5.56 Å². The molecule has 8 heteroatoms. The molecule has 0 fully saturated rings. The van der Waals surface area contributed by atoms with Crippen LogP contribution in [0, 0.1) is 12.8 Å². The number of carbonyl (C=O) groups excluding carboxylic acids is 3. The van der Waals surface area contributed by atoms with E-state index in [4.69, 9.17) is 4.74 Å². The number of fused-ring (bicyclic) bond motifs is 1. The standard InChI is InChI=1S/C20H23N3O4S/c1-11(2)9-15(23-10-13-7-5-6-8-14(13)18(23)25)17(24)22-20-21-16(12(3)28-20)19(26)27-4/h5-8,11,15H,9-10H2,1-4H3,(H,21,22,24)/t15-/m1/s1. The Labute approximate surface area is 167 Å². The third kappa shape index (κ3) is 3.91. The summed E-state index contributed by atoms with van der Waals surface area (Å²) < 4.78 is 4.71. The lowest BCUT2D eigenvalue weighted by molar-refractivity contribution is -0.121. The van der Waals surface area contributed by atoms with E-state index in [0.29, 0.717) is 28.5 Å². The van der Waals surface area contributed by atoms with Gasteiger partial charge in [0.1, 0.15) is 6.04 Å². The number of amides is 2. The number of thiazole rings is 1. The van der Waals surface area contributed by atoms with Gasteiger partial charge >= 0.3 is 5.97 Å². The summed E-state index contributed by atoms with van der Waals surface area (Å²) >= 11 is 1.21. The van der Waals surface area contributed by atoms with Crippen LogP contribution in [0.3, 0.4) is 0 Å². The molecule has 0 saturated carbocycles. The van der Waals surface area contributed by atoms with Crippen LogP contribution in [0.25, 0.3) is 0 Å². The molecule has 1 atom stereocenters. The molecule has 0 aliphatic carbocycles. The fraction of sp³-hybridized carbons (Fsp3) is 0.400. The van der Waals surface area contributed by atoms with Gasteiger partial charge in [0, 0.05) is 17.0 Å². The summed E-state index contributed by atoms with van der Waals surface area (Å²) in [6, 6.07) is 6.79. The molecule has 3 rings (SSSR count). The summed E-state index contributed by atoms with van der Waals surface area (Å²) in [5.74, 6) is -0.768. The van der Waals surface area contributed by atoms with E-state index >= 15 is 0 Å². The Morgan fingerprint density at radius 3 is 2.68 bits per heavy atom.